The Kier molecular flexibility index (Phi) is 7.09. The van der Waals surface area contributed by atoms with E-state index in [2.05, 4.69) is 12.2 Å². The van der Waals surface area contributed by atoms with Crippen LogP contribution in [0.3, 0.4) is 0 Å². The van der Waals surface area contributed by atoms with Crippen LogP contribution in [0.25, 0.3) is 0 Å². The molecule has 0 spiro atoms. The molecule has 0 heterocycles. The number of methoxy groups -OCH3 is 1. The number of unbranched alkanes of at least 4 members (excludes halogenated alkanes) is 1. The SMILES string of the molecule is CCCCNC(CC(=O)OC)C(=O)c1cc(C)ccc1C. The van der Waals surface area contributed by atoms with Gasteiger partial charge in [-0.3, -0.25) is 9.59 Å². The first kappa shape index (κ1) is 17.4. The summed E-state index contributed by atoms with van der Waals surface area (Å²) in [6.45, 7) is 6.67. The fourth-order valence-corrected chi connectivity index (χ4v) is 2.15. The Morgan fingerprint density at radius 1 is 1.29 bits per heavy atom. The second kappa shape index (κ2) is 8.57. The van der Waals surface area contributed by atoms with Gasteiger partial charge < -0.3 is 10.1 Å². The number of aryl methyl sites for hydroxylation is 2. The predicted molar refractivity (Wildman–Crippen MR) is 83.6 cm³/mol. The largest absolute Gasteiger partial charge is 0.469 e. The molecule has 1 unspecified atom stereocenters. The lowest BCUT2D eigenvalue weighted by Gasteiger charge is -2.18. The van der Waals surface area contributed by atoms with E-state index in [4.69, 9.17) is 4.74 Å². The van der Waals surface area contributed by atoms with Crippen LogP contribution in [0.2, 0.25) is 0 Å². The van der Waals surface area contributed by atoms with Crippen LogP contribution in [-0.4, -0.2) is 31.4 Å². The standard InChI is InChI=1S/C17H25NO3/c1-5-6-9-18-15(11-16(19)21-4)17(20)14-10-12(2)7-8-13(14)3/h7-8,10,15,18H,5-6,9,11H2,1-4H3. The lowest BCUT2D eigenvalue weighted by atomic mass is 9.96. The first-order chi connectivity index (χ1) is 9.99. The van der Waals surface area contributed by atoms with Gasteiger partial charge in [0.1, 0.15) is 0 Å². The van der Waals surface area contributed by atoms with Crippen LogP contribution in [0.4, 0.5) is 0 Å². The van der Waals surface area contributed by atoms with Gasteiger partial charge in [-0.25, -0.2) is 0 Å². The molecule has 1 aromatic carbocycles. The van der Waals surface area contributed by atoms with E-state index in [1.165, 1.54) is 7.11 Å². The van der Waals surface area contributed by atoms with Crippen LogP contribution < -0.4 is 5.32 Å². The highest BCUT2D eigenvalue weighted by molar-refractivity contribution is 6.03. The average Bonchev–Trinajstić information content (AvgIpc) is 2.48. The minimum absolute atomic E-state index is 0.0438. The number of carbonyl (C=O) groups excluding carboxylic acids is 2. The van der Waals surface area contributed by atoms with Crippen molar-refractivity contribution < 1.29 is 14.3 Å². The fraction of sp³-hybridized carbons (Fsp3) is 0.529. The number of benzene rings is 1. The van der Waals surface area contributed by atoms with Gasteiger partial charge in [0.25, 0.3) is 0 Å². The van der Waals surface area contributed by atoms with Gasteiger partial charge in [0.05, 0.1) is 19.6 Å². The summed E-state index contributed by atoms with van der Waals surface area (Å²) in [4.78, 5) is 24.2. The van der Waals surface area contributed by atoms with Gasteiger partial charge in [-0.1, -0.05) is 31.0 Å². The third-order valence-electron chi connectivity index (χ3n) is 3.49. The summed E-state index contributed by atoms with van der Waals surface area (Å²) in [6, 6.07) is 5.27. The second-order valence-electron chi connectivity index (χ2n) is 5.32. The minimum atomic E-state index is -0.524. The number of esters is 1. The molecule has 0 bridgehead atoms. The Hall–Kier alpha value is -1.68. The van der Waals surface area contributed by atoms with E-state index in [9.17, 15) is 9.59 Å². The van der Waals surface area contributed by atoms with E-state index >= 15 is 0 Å². The second-order valence-corrected chi connectivity index (χ2v) is 5.32. The third-order valence-corrected chi connectivity index (χ3v) is 3.49. The molecular weight excluding hydrogens is 266 g/mol. The van der Waals surface area contributed by atoms with Gasteiger partial charge in [0.15, 0.2) is 5.78 Å². The Morgan fingerprint density at radius 2 is 2.00 bits per heavy atom. The van der Waals surface area contributed by atoms with Crippen molar-refractivity contribution in [2.45, 2.75) is 46.1 Å². The average molecular weight is 291 g/mol. The van der Waals surface area contributed by atoms with Gasteiger partial charge in [-0.2, -0.15) is 0 Å². The van der Waals surface area contributed by atoms with Crippen molar-refractivity contribution >= 4 is 11.8 Å². The van der Waals surface area contributed by atoms with Crippen molar-refractivity contribution in [3.8, 4) is 0 Å². The predicted octanol–water partition coefficient (Wildman–Crippen LogP) is 2.81. The highest BCUT2D eigenvalue weighted by atomic mass is 16.5. The number of nitrogens with one attached hydrogen (secondary N) is 1. The summed E-state index contributed by atoms with van der Waals surface area (Å²) < 4.78 is 4.70. The van der Waals surface area contributed by atoms with Crippen LogP contribution in [0, 0.1) is 13.8 Å². The molecule has 0 aromatic heterocycles. The molecule has 1 N–H and O–H groups in total. The molecule has 1 atom stereocenters. The molecule has 0 aliphatic heterocycles. The first-order valence-electron chi connectivity index (χ1n) is 7.41. The lowest BCUT2D eigenvalue weighted by Crippen LogP contribution is -2.39. The van der Waals surface area contributed by atoms with Crippen molar-refractivity contribution in [3.63, 3.8) is 0 Å². The maximum atomic E-state index is 12.7. The van der Waals surface area contributed by atoms with Gasteiger partial charge in [-0.15, -0.1) is 0 Å². The number of ketones is 1. The van der Waals surface area contributed by atoms with Crippen molar-refractivity contribution in [2.24, 2.45) is 0 Å². The molecule has 21 heavy (non-hydrogen) atoms. The van der Waals surface area contributed by atoms with Crippen molar-refractivity contribution in [2.75, 3.05) is 13.7 Å². The van der Waals surface area contributed by atoms with Gasteiger partial charge in [0, 0.05) is 5.56 Å². The minimum Gasteiger partial charge on any atom is -0.469 e. The van der Waals surface area contributed by atoms with E-state index in [0.717, 1.165) is 30.5 Å². The molecule has 0 aliphatic carbocycles. The topological polar surface area (TPSA) is 55.4 Å². The maximum Gasteiger partial charge on any atom is 0.307 e. The zero-order valence-electron chi connectivity index (χ0n) is 13.4. The molecule has 116 valence electrons. The summed E-state index contributed by atoms with van der Waals surface area (Å²) in [5, 5.41) is 3.18. The molecule has 4 nitrogen and oxygen atoms in total. The summed E-state index contributed by atoms with van der Waals surface area (Å²) in [5.41, 5.74) is 2.64. The molecule has 0 aliphatic rings. The zero-order valence-corrected chi connectivity index (χ0v) is 13.4. The molecule has 0 amide bonds. The van der Waals surface area contributed by atoms with E-state index in [-0.39, 0.29) is 18.2 Å². The Labute approximate surface area is 126 Å². The summed E-state index contributed by atoms with van der Waals surface area (Å²) >= 11 is 0. The summed E-state index contributed by atoms with van der Waals surface area (Å²) in [5.74, 6) is -0.416. The van der Waals surface area contributed by atoms with E-state index < -0.39 is 6.04 Å². The fourth-order valence-electron chi connectivity index (χ4n) is 2.15. The summed E-state index contributed by atoms with van der Waals surface area (Å²) in [7, 11) is 1.34. The maximum absolute atomic E-state index is 12.7. The molecule has 4 heteroatoms. The highest BCUT2D eigenvalue weighted by Gasteiger charge is 2.24. The molecule has 0 radical (unpaired) electrons. The molecular formula is C17H25NO3. The van der Waals surface area contributed by atoms with Gasteiger partial charge in [0.2, 0.25) is 0 Å². The smallest absolute Gasteiger partial charge is 0.307 e. The van der Waals surface area contributed by atoms with Crippen molar-refractivity contribution in [1.82, 2.24) is 5.32 Å². The number of ether oxygens (including phenoxy) is 1. The monoisotopic (exact) mass is 291 g/mol. The Bertz CT molecular complexity index is 497. The van der Waals surface area contributed by atoms with Gasteiger partial charge >= 0.3 is 5.97 Å². The van der Waals surface area contributed by atoms with Crippen molar-refractivity contribution in [1.29, 1.82) is 0 Å². The molecule has 1 aromatic rings. The number of Topliss-reactive ketones (excluding diaryl/α,β-unsaturated/α-hetero) is 1. The van der Waals surface area contributed by atoms with E-state index in [0.29, 0.717) is 5.56 Å². The van der Waals surface area contributed by atoms with Crippen LogP contribution in [-0.2, 0) is 9.53 Å². The summed E-state index contributed by atoms with van der Waals surface area (Å²) in [6.07, 6.45) is 2.07. The Morgan fingerprint density at radius 3 is 2.62 bits per heavy atom. The third kappa shape index (κ3) is 5.31. The highest BCUT2D eigenvalue weighted by Crippen LogP contribution is 2.15. The molecule has 0 saturated carbocycles. The molecule has 0 saturated heterocycles. The quantitative estimate of drug-likeness (QED) is 0.454. The molecule has 0 fully saturated rings. The van der Waals surface area contributed by atoms with Gasteiger partial charge in [-0.05, 0) is 38.4 Å². The number of hydrogen-bond donors (Lipinski definition) is 1. The Balaban J connectivity index is 2.91. The van der Waals surface area contributed by atoms with Crippen LogP contribution in [0.1, 0.15) is 47.7 Å². The first-order valence-corrected chi connectivity index (χ1v) is 7.41. The van der Waals surface area contributed by atoms with Crippen LogP contribution in [0.15, 0.2) is 18.2 Å². The number of carbonyl (C=O) groups is 2. The van der Waals surface area contributed by atoms with E-state index in [1.807, 2.05) is 32.0 Å². The van der Waals surface area contributed by atoms with Crippen LogP contribution >= 0.6 is 0 Å². The normalized spacial score (nSPS) is 12.0. The number of hydrogen-bond acceptors (Lipinski definition) is 4. The molecule has 1 rings (SSSR count). The van der Waals surface area contributed by atoms with Crippen molar-refractivity contribution in [3.05, 3.63) is 34.9 Å². The zero-order chi connectivity index (χ0) is 15.8. The lowest BCUT2D eigenvalue weighted by molar-refractivity contribution is -0.140. The number of rotatable bonds is 8. The van der Waals surface area contributed by atoms with E-state index in [1.54, 1.807) is 0 Å². The van der Waals surface area contributed by atoms with Crippen LogP contribution in [0.5, 0.6) is 0 Å².